The highest BCUT2D eigenvalue weighted by Crippen LogP contribution is 2.41. The van der Waals surface area contributed by atoms with Gasteiger partial charge < -0.3 is 20.3 Å². The molecule has 0 saturated heterocycles. The van der Waals surface area contributed by atoms with Gasteiger partial charge in [0.1, 0.15) is 11.3 Å². The Bertz CT molecular complexity index is 1360. The smallest absolute Gasteiger partial charge is 0.338 e. The second-order valence-corrected chi connectivity index (χ2v) is 9.98. The number of esters is 1. The molecule has 0 spiro atoms. The standard InChI is InChI=1S/C31H36N2O3S/c32-22-14-16-26-28(20-22)36-29-21-23(33)15-17-27(29)30(26)24-12-8-9-13-25(24)31(34)35-18-10-6-4-2-1-3-5-7-11-19-37/h8-9,12-17,20-21,32,37H,1-7,10-11,18-19,33H2. The van der Waals surface area contributed by atoms with E-state index in [-0.39, 0.29) is 5.97 Å². The largest absolute Gasteiger partial charge is 0.462 e. The number of fused-ring (bicyclic) bond motifs is 2. The SMILES string of the molecule is N=c1ccc2c(-c3ccccc3C(=O)OCCCCCCCCCCCS)c3ccc(N)cc3oc-2c1. The molecule has 194 valence electrons. The highest BCUT2D eigenvalue weighted by atomic mass is 32.1. The van der Waals surface area contributed by atoms with Gasteiger partial charge in [-0.25, -0.2) is 4.79 Å². The zero-order chi connectivity index (χ0) is 26.0. The maximum Gasteiger partial charge on any atom is 0.338 e. The Balaban J connectivity index is 1.46. The van der Waals surface area contributed by atoms with Gasteiger partial charge in [0.25, 0.3) is 0 Å². The number of benzene rings is 3. The third-order valence-corrected chi connectivity index (χ3v) is 7.01. The van der Waals surface area contributed by atoms with Gasteiger partial charge in [0.15, 0.2) is 0 Å². The summed E-state index contributed by atoms with van der Waals surface area (Å²) < 4.78 is 11.8. The summed E-state index contributed by atoms with van der Waals surface area (Å²) in [5, 5.41) is 9.24. The fourth-order valence-electron chi connectivity index (χ4n) is 4.77. The van der Waals surface area contributed by atoms with Crippen LogP contribution in [0.5, 0.6) is 0 Å². The lowest BCUT2D eigenvalue weighted by Gasteiger charge is -2.17. The van der Waals surface area contributed by atoms with Crippen molar-refractivity contribution in [1.29, 1.82) is 5.41 Å². The molecule has 1 heterocycles. The van der Waals surface area contributed by atoms with Gasteiger partial charge in [0.05, 0.1) is 17.5 Å². The third kappa shape index (κ3) is 6.95. The molecule has 4 rings (SSSR count). The van der Waals surface area contributed by atoms with Crippen LogP contribution in [0, 0.1) is 5.41 Å². The number of hydrogen-bond donors (Lipinski definition) is 3. The summed E-state index contributed by atoms with van der Waals surface area (Å²) in [5.74, 6) is 1.24. The fourth-order valence-corrected chi connectivity index (χ4v) is 4.99. The summed E-state index contributed by atoms with van der Waals surface area (Å²) in [6.07, 6.45) is 10.7. The molecule has 1 aliphatic carbocycles. The number of rotatable bonds is 13. The molecular formula is C31H36N2O3S. The van der Waals surface area contributed by atoms with Crippen molar-refractivity contribution in [2.45, 2.75) is 57.8 Å². The normalized spacial score (nSPS) is 11.3. The van der Waals surface area contributed by atoms with E-state index in [9.17, 15) is 4.79 Å². The molecule has 2 aromatic carbocycles. The Kier molecular flexibility index (Phi) is 9.66. The first kappa shape index (κ1) is 26.8. The molecule has 0 bridgehead atoms. The van der Waals surface area contributed by atoms with Crippen LogP contribution in [0.4, 0.5) is 5.69 Å². The lowest BCUT2D eigenvalue weighted by Crippen LogP contribution is -2.09. The van der Waals surface area contributed by atoms with E-state index in [1.165, 1.54) is 44.9 Å². The lowest BCUT2D eigenvalue weighted by molar-refractivity contribution is 0.0498. The number of nitrogen functional groups attached to an aromatic ring is 1. The van der Waals surface area contributed by atoms with Crippen LogP contribution in [-0.2, 0) is 4.74 Å². The van der Waals surface area contributed by atoms with Crippen LogP contribution in [0.2, 0.25) is 0 Å². The van der Waals surface area contributed by atoms with Crippen LogP contribution in [-0.4, -0.2) is 18.3 Å². The maximum atomic E-state index is 13.2. The Labute approximate surface area is 224 Å². The molecule has 2 aromatic rings. The molecule has 5 nitrogen and oxygen atoms in total. The van der Waals surface area contributed by atoms with Gasteiger partial charge >= 0.3 is 5.97 Å². The minimum Gasteiger partial charge on any atom is -0.462 e. The van der Waals surface area contributed by atoms with E-state index < -0.39 is 0 Å². The zero-order valence-electron chi connectivity index (χ0n) is 21.3. The van der Waals surface area contributed by atoms with Crippen LogP contribution >= 0.6 is 12.6 Å². The molecule has 37 heavy (non-hydrogen) atoms. The van der Waals surface area contributed by atoms with Gasteiger partial charge in [-0.1, -0.05) is 63.1 Å². The first-order valence-electron chi connectivity index (χ1n) is 13.3. The van der Waals surface area contributed by atoms with Crippen LogP contribution in [0.25, 0.3) is 33.4 Å². The first-order chi connectivity index (χ1) is 18.1. The second-order valence-electron chi connectivity index (χ2n) is 9.53. The number of unbranched alkanes of at least 4 members (excludes halogenated alkanes) is 8. The number of anilines is 1. The molecule has 0 amide bonds. The molecule has 2 aliphatic rings. The third-order valence-electron chi connectivity index (χ3n) is 6.70. The summed E-state index contributed by atoms with van der Waals surface area (Å²) in [6.45, 7) is 0.416. The molecule has 0 fully saturated rings. The second kappa shape index (κ2) is 13.3. The summed E-state index contributed by atoms with van der Waals surface area (Å²) >= 11 is 4.26. The Hall–Kier alpha value is -3.25. The van der Waals surface area contributed by atoms with E-state index in [1.807, 2.05) is 42.5 Å². The number of carbonyl (C=O) groups excluding carboxylic acids is 1. The lowest BCUT2D eigenvalue weighted by atomic mass is 9.90. The van der Waals surface area contributed by atoms with E-state index in [2.05, 4.69) is 12.6 Å². The van der Waals surface area contributed by atoms with Crippen molar-refractivity contribution in [1.82, 2.24) is 0 Å². The van der Waals surface area contributed by atoms with E-state index in [1.54, 1.807) is 18.2 Å². The van der Waals surface area contributed by atoms with E-state index in [0.717, 1.165) is 40.7 Å². The molecule has 0 radical (unpaired) electrons. The number of thiol groups is 1. The van der Waals surface area contributed by atoms with Gasteiger partial charge in [-0.05, 0) is 54.5 Å². The molecule has 0 unspecified atom stereocenters. The van der Waals surface area contributed by atoms with Gasteiger partial charge in [-0.15, -0.1) is 0 Å². The number of ether oxygens (including phenoxy) is 1. The monoisotopic (exact) mass is 516 g/mol. The Morgan fingerprint density at radius 3 is 2.30 bits per heavy atom. The van der Waals surface area contributed by atoms with Crippen molar-refractivity contribution in [3.05, 3.63) is 71.6 Å². The predicted octanol–water partition coefficient (Wildman–Crippen LogP) is 7.86. The average Bonchev–Trinajstić information content (AvgIpc) is 2.90. The summed E-state index contributed by atoms with van der Waals surface area (Å²) in [4.78, 5) is 13.2. The average molecular weight is 517 g/mol. The van der Waals surface area contributed by atoms with Crippen LogP contribution in [0.3, 0.4) is 0 Å². The molecule has 0 saturated carbocycles. The first-order valence-corrected chi connectivity index (χ1v) is 13.9. The molecule has 0 aromatic heterocycles. The highest BCUT2D eigenvalue weighted by Gasteiger charge is 2.22. The van der Waals surface area contributed by atoms with Crippen molar-refractivity contribution >= 4 is 35.3 Å². The van der Waals surface area contributed by atoms with Crippen molar-refractivity contribution in [3.63, 3.8) is 0 Å². The number of nitrogens with two attached hydrogens (primary N) is 1. The number of carbonyl (C=O) groups is 1. The highest BCUT2D eigenvalue weighted by molar-refractivity contribution is 7.80. The number of hydrogen-bond acceptors (Lipinski definition) is 6. The van der Waals surface area contributed by atoms with Gasteiger partial charge in [0, 0.05) is 34.3 Å². The van der Waals surface area contributed by atoms with E-state index in [4.69, 9.17) is 20.3 Å². The minimum atomic E-state index is -0.325. The molecular weight excluding hydrogens is 480 g/mol. The van der Waals surface area contributed by atoms with Crippen LogP contribution in [0.1, 0.15) is 68.1 Å². The van der Waals surface area contributed by atoms with Gasteiger partial charge in [-0.2, -0.15) is 12.6 Å². The zero-order valence-corrected chi connectivity index (χ0v) is 22.2. The molecule has 3 N–H and O–H groups in total. The van der Waals surface area contributed by atoms with Crippen molar-refractivity contribution in [2.24, 2.45) is 0 Å². The summed E-state index contributed by atoms with van der Waals surface area (Å²) in [5.41, 5.74) is 10.2. The Morgan fingerprint density at radius 2 is 1.54 bits per heavy atom. The maximum absolute atomic E-state index is 13.2. The van der Waals surface area contributed by atoms with E-state index >= 15 is 0 Å². The Morgan fingerprint density at radius 1 is 0.838 bits per heavy atom. The minimum absolute atomic E-state index is 0.325. The quantitative estimate of drug-likeness (QED) is 0.0555. The van der Waals surface area contributed by atoms with Crippen LogP contribution < -0.4 is 11.1 Å². The fraction of sp³-hybridized carbons (Fsp3) is 0.355. The van der Waals surface area contributed by atoms with Gasteiger partial charge in [0.2, 0.25) is 0 Å². The predicted molar refractivity (Wildman–Crippen MR) is 154 cm³/mol. The van der Waals surface area contributed by atoms with Crippen molar-refractivity contribution < 1.29 is 13.9 Å². The van der Waals surface area contributed by atoms with Crippen molar-refractivity contribution in [2.75, 3.05) is 18.1 Å². The molecule has 1 aliphatic heterocycles. The molecule has 6 heteroatoms. The summed E-state index contributed by atoms with van der Waals surface area (Å²) in [6, 6.07) is 18.3. The van der Waals surface area contributed by atoms with Crippen LogP contribution in [0.15, 0.2) is 65.1 Å². The number of nitrogens with one attached hydrogen (secondary N) is 1. The topological polar surface area (TPSA) is 89.3 Å². The van der Waals surface area contributed by atoms with Gasteiger partial charge in [-0.3, -0.25) is 0 Å². The summed E-state index contributed by atoms with van der Waals surface area (Å²) in [7, 11) is 0. The van der Waals surface area contributed by atoms with E-state index in [0.29, 0.717) is 34.6 Å². The molecule has 0 atom stereocenters. The van der Waals surface area contributed by atoms with Crippen molar-refractivity contribution in [3.8, 4) is 22.5 Å².